The summed E-state index contributed by atoms with van der Waals surface area (Å²) in [6.45, 7) is 0.172. The van der Waals surface area contributed by atoms with Crippen molar-refractivity contribution in [1.82, 2.24) is 0 Å². The van der Waals surface area contributed by atoms with E-state index in [0.29, 0.717) is 6.42 Å². The van der Waals surface area contributed by atoms with Crippen LogP contribution in [-0.4, -0.2) is 34.6 Å². The van der Waals surface area contributed by atoms with Crippen molar-refractivity contribution in [3.05, 3.63) is 0 Å². The molecule has 0 amide bonds. The predicted molar refractivity (Wildman–Crippen MR) is 36.4 cm³/mol. The molecular formula is C7H14O3. The van der Waals surface area contributed by atoms with Gasteiger partial charge in [-0.3, -0.25) is 0 Å². The zero-order valence-electron chi connectivity index (χ0n) is 5.90. The Bertz CT molecular complexity index is 105. The van der Waals surface area contributed by atoms with E-state index in [1.165, 1.54) is 0 Å². The Morgan fingerprint density at radius 3 is 2.10 bits per heavy atom. The van der Waals surface area contributed by atoms with E-state index in [0.717, 1.165) is 6.42 Å². The number of aliphatic hydroxyl groups is 3. The molecule has 1 aliphatic carbocycles. The fourth-order valence-electron chi connectivity index (χ4n) is 1.56. The average molecular weight is 146 g/mol. The molecule has 1 rings (SSSR count). The van der Waals surface area contributed by atoms with Gasteiger partial charge in [-0.05, 0) is 18.8 Å². The third kappa shape index (κ3) is 1.48. The molecule has 0 aromatic rings. The van der Waals surface area contributed by atoms with Crippen molar-refractivity contribution in [1.29, 1.82) is 0 Å². The molecule has 1 saturated carbocycles. The molecule has 0 saturated heterocycles. The van der Waals surface area contributed by atoms with Crippen LogP contribution in [0.2, 0.25) is 0 Å². The normalized spacial score (nSPS) is 40.5. The second-order valence-electron chi connectivity index (χ2n) is 3.03. The van der Waals surface area contributed by atoms with Crippen molar-refractivity contribution in [3.63, 3.8) is 0 Å². The van der Waals surface area contributed by atoms with Gasteiger partial charge in [0.15, 0.2) is 0 Å². The fraction of sp³-hybridized carbons (Fsp3) is 1.00. The first-order valence-electron chi connectivity index (χ1n) is 3.67. The Balaban J connectivity index is 2.36. The Hall–Kier alpha value is -0.120. The van der Waals surface area contributed by atoms with E-state index in [4.69, 9.17) is 10.2 Å². The minimum Gasteiger partial charge on any atom is -0.396 e. The molecular weight excluding hydrogens is 132 g/mol. The maximum Gasteiger partial charge on any atom is 0.0593 e. The summed E-state index contributed by atoms with van der Waals surface area (Å²) in [6, 6.07) is 0. The number of aliphatic hydroxyl groups excluding tert-OH is 3. The molecule has 0 spiro atoms. The quantitative estimate of drug-likeness (QED) is 0.485. The number of rotatable bonds is 2. The van der Waals surface area contributed by atoms with Crippen LogP contribution in [0.25, 0.3) is 0 Å². The van der Waals surface area contributed by atoms with Gasteiger partial charge < -0.3 is 15.3 Å². The molecule has 0 aromatic carbocycles. The standard InChI is InChI=1S/C7H14O3/c8-3-5-1-6(4-9)7(10)2-5/h5-10H,1-4H2. The summed E-state index contributed by atoms with van der Waals surface area (Å²) in [5.74, 6) is 0.198. The molecule has 60 valence electrons. The highest BCUT2D eigenvalue weighted by Crippen LogP contribution is 2.30. The second kappa shape index (κ2) is 3.32. The minimum atomic E-state index is -0.401. The summed E-state index contributed by atoms with van der Waals surface area (Å²) in [6.07, 6.45) is 0.998. The largest absolute Gasteiger partial charge is 0.396 e. The van der Waals surface area contributed by atoms with Crippen LogP contribution in [0.3, 0.4) is 0 Å². The summed E-state index contributed by atoms with van der Waals surface area (Å²) in [5, 5.41) is 26.6. The van der Waals surface area contributed by atoms with Crippen molar-refractivity contribution >= 4 is 0 Å². The molecule has 10 heavy (non-hydrogen) atoms. The predicted octanol–water partition coefficient (Wildman–Crippen LogP) is -0.642. The van der Waals surface area contributed by atoms with E-state index in [1.54, 1.807) is 0 Å². The maximum absolute atomic E-state index is 9.22. The van der Waals surface area contributed by atoms with E-state index in [1.807, 2.05) is 0 Å². The lowest BCUT2D eigenvalue weighted by Gasteiger charge is -2.08. The fourth-order valence-corrected chi connectivity index (χ4v) is 1.56. The van der Waals surface area contributed by atoms with Crippen molar-refractivity contribution in [3.8, 4) is 0 Å². The minimum absolute atomic E-state index is 0.00264. The zero-order valence-corrected chi connectivity index (χ0v) is 5.90. The highest BCUT2D eigenvalue weighted by atomic mass is 16.3. The van der Waals surface area contributed by atoms with Gasteiger partial charge in [0.25, 0.3) is 0 Å². The third-order valence-electron chi connectivity index (χ3n) is 2.25. The summed E-state index contributed by atoms with van der Waals surface area (Å²) < 4.78 is 0. The molecule has 0 aromatic heterocycles. The Labute approximate surface area is 60.3 Å². The first kappa shape index (κ1) is 7.98. The van der Waals surface area contributed by atoms with E-state index < -0.39 is 6.10 Å². The van der Waals surface area contributed by atoms with Gasteiger partial charge in [0.1, 0.15) is 0 Å². The molecule has 3 heteroatoms. The van der Waals surface area contributed by atoms with Crippen molar-refractivity contribution in [2.75, 3.05) is 13.2 Å². The highest BCUT2D eigenvalue weighted by molar-refractivity contribution is 4.81. The lowest BCUT2D eigenvalue weighted by atomic mass is 10.1. The van der Waals surface area contributed by atoms with Gasteiger partial charge in [0.05, 0.1) is 6.10 Å². The summed E-state index contributed by atoms with van der Waals surface area (Å²) >= 11 is 0. The van der Waals surface area contributed by atoms with Crippen LogP contribution in [0.4, 0.5) is 0 Å². The van der Waals surface area contributed by atoms with E-state index in [9.17, 15) is 5.11 Å². The van der Waals surface area contributed by atoms with Gasteiger partial charge >= 0.3 is 0 Å². The molecule has 1 aliphatic rings. The molecule has 0 aliphatic heterocycles. The first-order valence-corrected chi connectivity index (χ1v) is 3.67. The van der Waals surface area contributed by atoms with Gasteiger partial charge in [-0.2, -0.15) is 0 Å². The summed E-state index contributed by atoms with van der Waals surface area (Å²) in [4.78, 5) is 0. The molecule has 3 N–H and O–H groups in total. The first-order chi connectivity index (χ1) is 4.77. The summed E-state index contributed by atoms with van der Waals surface area (Å²) in [7, 11) is 0. The molecule has 3 nitrogen and oxygen atoms in total. The van der Waals surface area contributed by atoms with E-state index >= 15 is 0 Å². The lowest BCUT2D eigenvalue weighted by molar-refractivity contribution is 0.0902. The van der Waals surface area contributed by atoms with E-state index in [2.05, 4.69) is 0 Å². The number of hydrogen-bond donors (Lipinski definition) is 3. The molecule has 0 heterocycles. The smallest absolute Gasteiger partial charge is 0.0593 e. The maximum atomic E-state index is 9.22. The molecule has 0 radical (unpaired) electrons. The van der Waals surface area contributed by atoms with Crippen LogP contribution in [0.15, 0.2) is 0 Å². The van der Waals surface area contributed by atoms with Crippen molar-refractivity contribution < 1.29 is 15.3 Å². The van der Waals surface area contributed by atoms with Crippen LogP contribution < -0.4 is 0 Å². The lowest BCUT2D eigenvalue weighted by Crippen LogP contribution is -2.16. The van der Waals surface area contributed by atoms with Gasteiger partial charge in [0.2, 0.25) is 0 Å². The van der Waals surface area contributed by atoms with Gasteiger partial charge in [-0.15, -0.1) is 0 Å². The Morgan fingerprint density at radius 2 is 1.80 bits per heavy atom. The third-order valence-corrected chi connectivity index (χ3v) is 2.25. The van der Waals surface area contributed by atoms with Gasteiger partial charge in [-0.25, -0.2) is 0 Å². The highest BCUT2D eigenvalue weighted by Gasteiger charge is 2.31. The van der Waals surface area contributed by atoms with Crippen LogP contribution in [-0.2, 0) is 0 Å². The van der Waals surface area contributed by atoms with Crippen LogP contribution in [0.1, 0.15) is 12.8 Å². The second-order valence-corrected chi connectivity index (χ2v) is 3.03. The van der Waals surface area contributed by atoms with Crippen LogP contribution in [0, 0.1) is 11.8 Å². The van der Waals surface area contributed by atoms with Gasteiger partial charge in [-0.1, -0.05) is 0 Å². The topological polar surface area (TPSA) is 60.7 Å². The average Bonchev–Trinajstić information content (AvgIpc) is 2.30. The molecule has 3 atom stereocenters. The molecule has 1 fully saturated rings. The van der Waals surface area contributed by atoms with E-state index in [-0.39, 0.29) is 25.0 Å². The SMILES string of the molecule is OCC1CC(O)C(CO)C1. The van der Waals surface area contributed by atoms with Gasteiger partial charge in [0, 0.05) is 19.1 Å². The zero-order chi connectivity index (χ0) is 7.56. The summed E-state index contributed by atoms with van der Waals surface area (Å²) in [5.41, 5.74) is 0. The Kier molecular flexibility index (Phi) is 2.65. The van der Waals surface area contributed by atoms with Crippen LogP contribution in [0.5, 0.6) is 0 Å². The van der Waals surface area contributed by atoms with Crippen molar-refractivity contribution in [2.24, 2.45) is 11.8 Å². The van der Waals surface area contributed by atoms with Crippen LogP contribution >= 0.6 is 0 Å². The monoisotopic (exact) mass is 146 g/mol. The molecule has 3 unspecified atom stereocenters. The molecule has 0 bridgehead atoms. The Morgan fingerprint density at radius 1 is 1.10 bits per heavy atom. The number of hydrogen-bond acceptors (Lipinski definition) is 3. The van der Waals surface area contributed by atoms with Crippen molar-refractivity contribution in [2.45, 2.75) is 18.9 Å².